The van der Waals surface area contributed by atoms with Gasteiger partial charge < -0.3 is 10.6 Å². The first-order valence-electron chi connectivity index (χ1n) is 4.79. The molecule has 1 aliphatic heterocycles. The molecular formula is C9H20N2O. The molecule has 1 atom stereocenters. The van der Waals surface area contributed by atoms with E-state index in [1.54, 1.807) is 7.05 Å². The fourth-order valence-corrected chi connectivity index (χ4v) is 1.25. The molecule has 1 unspecified atom stereocenters. The van der Waals surface area contributed by atoms with Crippen molar-refractivity contribution >= 4 is 5.91 Å². The Hall–Kier alpha value is -0.570. The molecule has 1 heterocycles. The molecule has 0 aromatic carbocycles. The van der Waals surface area contributed by atoms with Crippen LogP contribution in [0.15, 0.2) is 0 Å². The topological polar surface area (TPSA) is 41.1 Å². The van der Waals surface area contributed by atoms with Crippen LogP contribution in [0, 0.1) is 0 Å². The van der Waals surface area contributed by atoms with E-state index in [0.29, 0.717) is 0 Å². The Bertz CT molecular complexity index is 120. The second-order valence-electron chi connectivity index (χ2n) is 2.62. The van der Waals surface area contributed by atoms with E-state index in [0.717, 1.165) is 13.0 Å². The first kappa shape index (κ1) is 11.4. The molecule has 1 aliphatic rings. The molecule has 1 fully saturated rings. The van der Waals surface area contributed by atoms with E-state index in [4.69, 9.17) is 0 Å². The van der Waals surface area contributed by atoms with Crippen molar-refractivity contribution in [3.8, 4) is 0 Å². The highest BCUT2D eigenvalue weighted by atomic mass is 16.2. The average Bonchev–Trinajstić information content (AvgIpc) is 2.21. The number of rotatable bonds is 1. The Labute approximate surface area is 74.9 Å². The van der Waals surface area contributed by atoms with Gasteiger partial charge in [-0.1, -0.05) is 20.3 Å². The van der Waals surface area contributed by atoms with Crippen molar-refractivity contribution in [2.75, 3.05) is 13.6 Å². The summed E-state index contributed by atoms with van der Waals surface area (Å²) in [6.07, 6.45) is 3.36. The lowest BCUT2D eigenvalue weighted by molar-refractivity contribution is -0.123. The van der Waals surface area contributed by atoms with Crippen molar-refractivity contribution in [3.05, 3.63) is 0 Å². The van der Waals surface area contributed by atoms with Crippen LogP contribution in [0.3, 0.4) is 0 Å². The Morgan fingerprint density at radius 2 is 2.08 bits per heavy atom. The van der Waals surface area contributed by atoms with Gasteiger partial charge in [-0.25, -0.2) is 0 Å². The van der Waals surface area contributed by atoms with Gasteiger partial charge in [0.1, 0.15) is 0 Å². The van der Waals surface area contributed by atoms with Crippen LogP contribution >= 0.6 is 0 Å². The summed E-state index contributed by atoms with van der Waals surface area (Å²) in [6.45, 7) is 4.98. The maximum absolute atomic E-state index is 11.0. The number of carbonyl (C=O) groups is 1. The zero-order valence-electron chi connectivity index (χ0n) is 8.31. The van der Waals surface area contributed by atoms with Gasteiger partial charge in [0.2, 0.25) is 5.91 Å². The predicted molar refractivity (Wildman–Crippen MR) is 51.1 cm³/mol. The molecular weight excluding hydrogens is 152 g/mol. The van der Waals surface area contributed by atoms with E-state index in [9.17, 15) is 4.79 Å². The lowest BCUT2D eigenvalue weighted by Crippen LogP contribution is -2.45. The molecule has 0 radical (unpaired) electrons. The van der Waals surface area contributed by atoms with Crippen LogP contribution in [0.2, 0.25) is 0 Å². The zero-order valence-corrected chi connectivity index (χ0v) is 8.31. The maximum Gasteiger partial charge on any atom is 0.236 e. The monoisotopic (exact) mass is 172 g/mol. The van der Waals surface area contributed by atoms with Gasteiger partial charge in [-0.3, -0.25) is 4.79 Å². The van der Waals surface area contributed by atoms with Crippen LogP contribution in [0.4, 0.5) is 0 Å². The van der Waals surface area contributed by atoms with E-state index in [1.807, 2.05) is 13.8 Å². The molecule has 12 heavy (non-hydrogen) atoms. The minimum absolute atomic E-state index is 0.0683. The van der Waals surface area contributed by atoms with Crippen molar-refractivity contribution in [3.63, 3.8) is 0 Å². The first-order valence-corrected chi connectivity index (χ1v) is 4.79. The van der Waals surface area contributed by atoms with Gasteiger partial charge in [0.05, 0.1) is 6.04 Å². The molecule has 3 heteroatoms. The number of hydrogen-bond acceptors (Lipinski definition) is 2. The zero-order chi connectivity index (χ0) is 9.40. The molecule has 2 N–H and O–H groups in total. The summed E-state index contributed by atoms with van der Waals surface area (Å²) in [5.41, 5.74) is 0. The van der Waals surface area contributed by atoms with Gasteiger partial charge in [0, 0.05) is 7.05 Å². The van der Waals surface area contributed by atoms with Crippen LogP contribution < -0.4 is 10.6 Å². The number of nitrogens with one attached hydrogen (secondary N) is 2. The van der Waals surface area contributed by atoms with Crippen LogP contribution in [-0.4, -0.2) is 25.5 Å². The Kier molecular flexibility index (Phi) is 6.76. The highest BCUT2D eigenvalue weighted by Crippen LogP contribution is 2.05. The third-order valence-electron chi connectivity index (χ3n) is 1.87. The third-order valence-corrected chi connectivity index (χ3v) is 1.87. The van der Waals surface area contributed by atoms with Crippen molar-refractivity contribution in [2.24, 2.45) is 0 Å². The van der Waals surface area contributed by atoms with Crippen LogP contribution in [0.1, 0.15) is 33.1 Å². The van der Waals surface area contributed by atoms with Gasteiger partial charge >= 0.3 is 0 Å². The average molecular weight is 172 g/mol. The fraction of sp³-hybridized carbons (Fsp3) is 0.889. The van der Waals surface area contributed by atoms with E-state index in [2.05, 4.69) is 10.6 Å². The van der Waals surface area contributed by atoms with Gasteiger partial charge in [0.25, 0.3) is 0 Å². The summed E-state index contributed by atoms with van der Waals surface area (Å²) in [7, 11) is 1.68. The maximum atomic E-state index is 11.0. The van der Waals surface area contributed by atoms with E-state index < -0.39 is 0 Å². The minimum Gasteiger partial charge on any atom is -0.358 e. The minimum atomic E-state index is 0.0683. The van der Waals surface area contributed by atoms with Gasteiger partial charge in [-0.2, -0.15) is 0 Å². The van der Waals surface area contributed by atoms with Gasteiger partial charge in [-0.15, -0.1) is 0 Å². The normalized spacial score (nSPS) is 22.1. The molecule has 3 nitrogen and oxygen atoms in total. The van der Waals surface area contributed by atoms with Gasteiger partial charge in [-0.05, 0) is 19.4 Å². The highest BCUT2D eigenvalue weighted by Gasteiger charge is 2.18. The Morgan fingerprint density at radius 1 is 1.42 bits per heavy atom. The molecule has 72 valence electrons. The molecule has 1 saturated heterocycles. The molecule has 0 aromatic rings. The summed E-state index contributed by atoms with van der Waals surface area (Å²) in [5.74, 6) is 0.125. The second-order valence-corrected chi connectivity index (χ2v) is 2.62. The second kappa shape index (κ2) is 7.10. The van der Waals surface area contributed by atoms with Crippen molar-refractivity contribution < 1.29 is 4.79 Å². The Balaban J connectivity index is 0.000000561. The van der Waals surface area contributed by atoms with Gasteiger partial charge in [0.15, 0.2) is 0 Å². The summed E-state index contributed by atoms with van der Waals surface area (Å²) in [6, 6.07) is 0.0683. The molecule has 0 bridgehead atoms. The largest absolute Gasteiger partial charge is 0.358 e. The summed E-state index contributed by atoms with van der Waals surface area (Å²) in [5, 5.41) is 5.79. The predicted octanol–water partition coefficient (Wildman–Crippen LogP) is 0.901. The van der Waals surface area contributed by atoms with Crippen LogP contribution in [0.5, 0.6) is 0 Å². The lowest BCUT2D eigenvalue weighted by atomic mass is 10.0. The molecule has 0 aromatic heterocycles. The third kappa shape index (κ3) is 3.72. The number of hydrogen-bond donors (Lipinski definition) is 2. The summed E-state index contributed by atoms with van der Waals surface area (Å²) < 4.78 is 0. The number of likely N-dealkylation sites (N-methyl/N-ethyl adjacent to an activating group) is 1. The Morgan fingerprint density at radius 3 is 2.50 bits per heavy atom. The van der Waals surface area contributed by atoms with Crippen molar-refractivity contribution in [1.82, 2.24) is 10.6 Å². The number of piperidine rings is 1. The first-order chi connectivity index (χ1) is 5.84. The quantitative estimate of drug-likeness (QED) is 0.617. The van der Waals surface area contributed by atoms with E-state index in [1.165, 1.54) is 12.8 Å². The molecule has 1 amide bonds. The lowest BCUT2D eigenvalue weighted by Gasteiger charge is -2.21. The fourth-order valence-electron chi connectivity index (χ4n) is 1.25. The molecule has 0 saturated carbocycles. The van der Waals surface area contributed by atoms with E-state index in [-0.39, 0.29) is 11.9 Å². The van der Waals surface area contributed by atoms with Crippen molar-refractivity contribution in [1.29, 1.82) is 0 Å². The van der Waals surface area contributed by atoms with E-state index >= 15 is 0 Å². The molecule has 0 aliphatic carbocycles. The van der Waals surface area contributed by atoms with Crippen LogP contribution in [0.25, 0.3) is 0 Å². The smallest absolute Gasteiger partial charge is 0.236 e. The molecule has 1 rings (SSSR count). The summed E-state index contributed by atoms with van der Waals surface area (Å²) >= 11 is 0. The highest BCUT2D eigenvalue weighted by molar-refractivity contribution is 5.81. The number of amides is 1. The SMILES string of the molecule is CC.CNC(=O)C1CCCCN1. The standard InChI is InChI=1S/C7H14N2O.C2H6/c1-8-7(10)6-4-2-3-5-9-6;1-2/h6,9H,2-5H2,1H3,(H,8,10);1-2H3. The van der Waals surface area contributed by atoms with Crippen molar-refractivity contribution in [2.45, 2.75) is 39.2 Å². The summed E-state index contributed by atoms with van der Waals surface area (Å²) in [4.78, 5) is 11.0. The number of carbonyl (C=O) groups excluding carboxylic acids is 1. The van der Waals surface area contributed by atoms with Crippen LogP contribution in [-0.2, 0) is 4.79 Å². The molecule has 0 spiro atoms.